The van der Waals surface area contributed by atoms with E-state index in [-0.39, 0.29) is 12.6 Å². The molecule has 0 aliphatic rings. The Morgan fingerprint density at radius 3 is 2.67 bits per heavy atom. The summed E-state index contributed by atoms with van der Waals surface area (Å²) in [5.41, 5.74) is 0. The Morgan fingerprint density at radius 2 is 2.08 bits per heavy atom. The quantitative estimate of drug-likeness (QED) is 0.373. The number of unbranched alkanes of at least 4 members (excludes halogenated alkanes) is 1. The summed E-state index contributed by atoms with van der Waals surface area (Å²) in [6.45, 7) is 0.224. The topological polar surface area (TPSA) is 46.5 Å². The zero-order valence-electron chi connectivity index (χ0n) is 7.45. The summed E-state index contributed by atoms with van der Waals surface area (Å²) in [7, 11) is 1.39. The van der Waals surface area contributed by atoms with Gasteiger partial charge in [-0.15, -0.1) is 0 Å². The lowest BCUT2D eigenvalue weighted by molar-refractivity contribution is -0.140. The normalized spacial score (nSPS) is 10.5. The van der Waals surface area contributed by atoms with Crippen LogP contribution in [0.1, 0.15) is 25.7 Å². The lowest BCUT2D eigenvalue weighted by atomic mass is 10.2. The number of allylic oxidation sites excluding steroid dienone is 2. The molecule has 1 N–H and O–H groups in total. The fraction of sp³-hybridized carbons (Fsp3) is 0.667. The van der Waals surface area contributed by atoms with E-state index in [1.165, 1.54) is 7.11 Å². The highest BCUT2D eigenvalue weighted by Gasteiger charge is 1.95. The van der Waals surface area contributed by atoms with Crippen molar-refractivity contribution in [3.8, 4) is 0 Å². The summed E-state index contributed by atoms with van der Waals surface area (Å²) in [5.74, 6) is -0.179. The smallest absolute Gasteiger partial charge is 0.305 e. The number of carbonyl (C=O) groups excluding carboxylic acids is 1. The van der Waals surface area contributed by atoms with E-state index in [1.54, 1.807) is 0 Å². The molecule has 70 valence electrons. The van der Waals surface area contributed by atoms with Crippen LogP contribution in [-0.2, 0) is 9.53 Å². The third kappa shape index (κ3) is 7.28. The number of aliphatic hydroxyl groups is 1. The molecule has 0 aliphatic carbocycles. The number of carbonyl (C=O) groups is 1. The van der Waals surface area contributed by atoms with Crippen LogP contribution in [0.4, 0.5) is 0 Å². The summed E-state index contributed by atoms with van der Waals surface area (Å²) >= 11 is 0. The minimum absolute atomic E-state index is 0.179. The molecule has 3 nitrogen and oxygen atoms in total. The molecule has 0 saturated carbocycles. The van der Waals surface area contributed by atoms with Crippen molar-refractivity contribution in [3.05, 3.63) is 12.2 Å². The lowest BCUT2D eigenvalue weighted by Gasteiger charge is -1.93. The first-order chi connectivity index (χ1) is 5.81. The fourth-order valence-corrected chi connectivity index (χ4v) is 0.748. The van der Waals surface area contributed by atoms with Crippen LogP contribution in [0.15, 0.2) is 12.2 Å². The van der Waals surface area contributed by atoms with E-state index >= 15 is 0 Å². The van der Waals surface area contributed by atoms with Gasteiger partial charge in [0.25, 0.3) is 0 Å². The number of methoxy groups -OCH3 is 1. The van der Waals surface area contributed by atoms with Crippen LogP contribution in [0, 0.1) is 0 Å². The number of aliphatic hydroxyl groups excluding tert-OH is 1. The van der Waals surface area contributed by atoms with Crippen LogP contribution < -0.4 is 0 Å². The first-order valence-electron chi connectivity index (χ1n) is 4.14. The van der Waals surface area contributed by atoms with Gasteiger partial charge in [-0.25, -0.2) is 0 Å². The molecule has 0 fully saturated rings. The molecule has 0 aromatic rings. The molecule has 0 aromatic heterocycles. The second kappa shape index (κ2) is 8.27. The summed E-state index contributed by atoms with van der Waals surface area (Å²) in [5, 5.41) is 8.44. The highest BCUT2D eigenvalue weighted by molar-refractivity contribution is 5.69. The Kier molecular flexibility index (Phi) is 7.70. The molecule has 0 spiro atoms. The fourth-order valence-electron chi connectivity index (χ4n) is 0.748. The van der Waals surface area contributed by atoms with Crippen LogP contribution in [0.5, 0.6) is 0 Å². The molecule has 0 radical (unpaired) electrons. The molecule has 0 unspecified atom stereocenters. The van der Waals surface area contributed by atoms with Crippen molar-refractivity contribution in [1.82, 2.24) is 0 Å². The summed E-state index contributed by atoms with van der Waals surface area (Å²) < 4.78 is 4.47. The van der Waals surface area contributed by atoms with E-state index in [0.29, 0.717) is 6.42 Å². The van der Waals surface area contributed by atoms with Crippen LogP contribution in [0.25, 0.3) is 0 Å². The average Bonchev–Trinajstić information content (AvgIpc) is 2.10. The van der Waals surface area contributed by atoms with Crippen molar-refractivity contribution in [3.63, 3.8) is 0 Å². The monoisotopic (exact) mass is 172 g/mol. The highest BCUT2D eigenvalue weighted by Crippen LogP contribution is 1.96. The third-order valence-corrected chi connectivity index (χ3v) is 1.44. The molecule has 0 bridgehead atoms. The maximum atomic E-state index is 10.6. The molecule has 0 heterocycles. The van der Waals surface area contributed by atoms with Gasteiger partial charge >= 0.3 is 5.97 Å². The molecule has 3 heteroatoms. The van der Waals surface area contributed by atoms with Gasteiger partial charge in [0.1, 0.15) is 0 Å². The van der Waals surface area contributed by atoms with Crippen molar-refractivity contribution in [1.29, 1.82) is 0 Å². The molecule has 0 rings (SSSR count). The van der Waals surface area contributed by atoms with Crippen molar-refractivity contribution >= 4 is 5.97 Å². The van der Waals surface area contributed by atoms with Gasteiger partial charge < -0.3 is 9.84 Å². The first kappa shape index (κ1) is 11.2. The van der Waals surface area contributed by atoms with Crippen LogP contribution in [-0.4, -0.2) is 24.8 Å². The van der Waals surface area contributed by atoms with Gasteiger partial charge in [-0.3, -0.25) is 4.79 Å². The van der Waals surface area contributed by atoms with Gasteiger partial charge in [-0.2, -0.15) is 0 Å². The Bertz CT molecular complexity index is 141. The maximum absolute atomic E-state index is 10.6. The predicted octanol–water partition coefficient (Wildman–Crippen LogP) is 1.27. The second-order valence-electron chi connectivity index (χ2n) is 2.45. The van der Waals surface area contributed by atoms with Crippen molar-refractivity contribution in [2.24, 2.45) is 0 Å². The number of esters is 1. The van der Waals surface area contributed by atoms with E-state index in [2.05, 4.69) is 4.74 Å². The van der Waals surface area contributed by atoms with E-state index in [0.717, 1.165) is 19.3 Å². The molecule has 0 atom stereocenters. The first-order valence-corrected chi connectivity index (χ1v) is 4.14. The SMILES string of the molecule is COC(=O)CC/C=C\CCCO. The van der Waals surface area contributed by atoms with Crippen molar-refractivity contribution < 1.29 is 14.6 Å². The van der Waals surface area contributed by atoms with Gasteiger partial charge in [0, 0.05) is 13.0 Å². The Morgan fingerprint density at radius 1 is 1.42 bits per heavy atom. The number of hydrogen-bond donors (Lipinski definition) is 1. The molecule has 0 aromatic carbocycles. The highest BCUT2D eigenvalue weighted by atomic mass is 16.5. The van der Waals surface area contributed by atoms with Crippen LogP contribution >= 0.6 is 0 Å². The maximum Gasteiger partial charge on any atom is 0.305 e. The van der Waals surface area contributed by atoms with Gasteiger partial charge in [0.05, 0.1) is 7.11 Å². The number of rotatable bonds is 6. The lowest BCUT2D eigenvalue weighted by Crippen LogP contribution is -1.97. The zero-order chi connectivity index (χ0) is 9.23. The summed E-state index contributed by atoms with van der Waals surface area (Å²) in [6, 6.07) is 0. The minimum Gasteiger partial charge on any atom is -0.469 e. The van der Waals surface area contributed by atoms with Crippen LogP contribution in [0.2, 0.25) is 0 Å². The van der Waals surface area contributed by atoms with Gasteiger partial charge in [-0.1, -0.05) is 12.2 Å². The van der Waals surface area contributed by atoms with E-state index in [1.807, 2.05) is 12.2 Å². The molecule has 0 aliphatic heterocycles. The Labute approximate surface area is 73.0 Å². The largest absolute Gasteiger partial charge is 0.469 e. The second-order valence-corrected chi connectivity index (χ2v) is 2.45. The van der Waals surface area contributed by atoms with E-state index in [4.69, 9.17) is 5.11 Å². The molecule has 0 amide bonds. The van der Waals surface area contributed by atoms with Crippen molar-refractivity contribution in [2.45, 2.75) is 25.7 Å². The third-order valence-electron chi connectivity index (χ3n) is 1.44. The average molecular weight is 172 g/mol. The van der Waals surface area contributed by atoms with E-state index < -0.39 is 0 Å². The van der Waals surface area contributed by atoms with Crippen LogP contribution in [0.3, 0.4) is 0 Å². The van der Waals surface area contributed by atoms with Crippen molar-refractivity contribution in [2.75, 3.05) is 13.7 Å². The van der Waals surface area contributed by atoms with Gasteiger partial charge in [0.2, 0.25) is 0 Å². The summed E-state index contributed by atoms with van der Waals surface area (Å²) in [4.78, 5) is 10.6. The van der Waals surface area contributed by atoms with E-state index in [9.17, 15) is 4.79 Å². The molecular formula is C9H16O3. The number of ether oxygens (including phenoxy) is 1. The standard InChI is InChI=1S/C9H16O3/c1-12-9(11)7-5-3-2-4-6-8-10/h2-3,10H,4-8H2,1H3/b3-2-. The minimum atomic E-state index is -0.179. The summed E-state index contributed by atoms with van der Waals surface area (Å²) in [6.07, 6.45) is 6.72. The Hall–Kier alpha value is -0.830. The van der Waals surface area contributed by atoms with Gasteiger partial charge in [-0.05, 0) is 19.3 Å². The molecule has 0 saturated heterocycles. The predicted molar refractivity (Wildman–Crippen MR) is 46.7 cm³/mol. The number of hydrogen-bond acceptors (Lipinski definition) is 3. The van der Waals surface area contributed by atoms with Gasteiger partial charge in [0.15, 0.2) is 0 Å². The Balaban J connectivity index is 3.18. The molecule has 12 heavy (non-hydrogen) atoms. The zero-order valence-corrected chi connectivity index (χ0v) is 7.45. The molecular weight excluding hydrogens is 156 g/mol.